The fourth-order valence-electron chi connectivity index (χ4n) is 4.49. The molecule has 35 heavy (non-hydrogen) atoms. The van der Waals surface area contributed by atoms with Gasteiger partial charge in [0.15, 0.2) is 24.8 Å². The molecule has 0 bridgehead atoms. The van der Waals surface area contributed by atoms with Crippen molar-refractivity contribution in [3.8, 4) is 11.3 Å². The zero-order chi connectivity index (χ0) is 22.4. The van der Waals surface area contributed by atoms with Crippen LogP contribution >= 0.6 is 0 Å². The number of fused-ring (bicyclic) bond motifs is 2. The molecule has 174 valence electrons. The predicted molar refractivity (Wildman–Crippen MR) is 132 cm³/mol. The van der Waals surface area contributed by atoms with Crippen molar-refractivity contribution < 1.29 is 57.1 Å². The van der Waals surface area contributed by atoms with Gasteiger partial charge in [0, 0.05) is 63.0 Å². The second-order valence-electron chi connectivity index (χ2n) is 8.50. The average Bonchev–Trinajstić information content (AvgIpc) is 3.40. The zero-order valence-electron chi connectivity index (χ0n) is 19.4. The molecule has 4 nitrogen and oxygen atoms in total. The van der Waals surface area contributed by atoms with E-state index in [9.17, 15) is 0 Å². The molecule has 5 aromatic rings. The molecule has 2 aromatic carbocycles. The minimum Gasteiger partial charge on any atom is -1.00 e. The highest BCUT2D eigenvalue weighted by Crippen LogP contribution is 2.36. The van der Waals surface area contributed by atoms with Gasteiger partial charge in [-0.3, -0.25) is 0 Å². The average molecular weight is 682 g/mol. The molecule has 0 atom stereocenters. The number of aliphatic imine (C=N–C) groups is 1. The van der Waals surface area contributed by atoms with Gasteiger partial charge in [-0.2, -0.15) is 0 Å². The Morgan fingerprint density at radius 2 is 1.20 bits per heavy atom. The Morgan fingerprint density at radius 1 is 0.657 bits per heavy atom. The quantitative estimate of drug-likeness (QED) is 0.185. The molecular weight excluding hydrogens is 658 g/mol. The lowest BCUT2D eigenvalue weighted by Crippen LogP contribution is -3.00. The maximum Gasteiger partial charge on any atom is 0.169 e. The third-order valence-corrected chi connectivity index (χ3v) is 6.24. The maximum atomic E-state index is 5.10. The van der Waals surface area contributed by atoms with Crippen LogP contribution in [0, 0.1) is 0 Å². The summed E-state index contributed by atoms with van der Waals surface area (Å²) in [6.07, 6.45) is 10.5. The van der Waals surface area contributed by atoms with Crippen molar-refractivity contribution in [2.75, 3.05) is 0 Å². The van der Waals surface area contributed by atoms with E-state index in [0.29, 0.717) is 0 Å². The lowest BCUT2D eigenvalue weighted by molar-refractivity contribution is -0.671. The third-order valence-electron chi connectivity index (χ3n) is 6.24. The van der Waals surface area contributed by atoms with Gasteiger partial charge in [-0.1, -0.05) is 48.5 Å². The molecule has 0 saturated heterocycles. The summed E-state index contributed by atoms with van der Waals surface area (Å²) in [6, 6.07) is 25.5. The monoisotopic (exact) mass is 682 g/mol. The van der Waals surface area contributed by atoms with Gasteiger partial charge in [0.25, 0.3) is 0 Å². The molecule has 1 N–H and O–H groups in total. The van der Waals surface area contributed by atoms with Gasteiger partial charge in [0.2, 0.25) is 0 Å². The Kier molecular flexibility index (Phi) is 7.51. The molecule has 0 saturated carbocycles. The SMILES string of the molecule is C[n+]1ccc(C2=N/C(=C\c3[nH]c(-c4cc[n+](C)cc4)c4ccccc34)c3ccccc32)cc1.[I-].[I-]. The lowest BCUT2D eigenvalue weighted by Gasteiger charge is -2.02. The van der Waals surface area contributed by atoms with Crippen LogP contribution in [0.5, 0.6) is 0 Å². The van der Waals surface area contributed by atoms with Crippen molar-refractivity contribution in [1.29, 1.82) is 0 Å². The molecule has 1 aliphatic rings. The number of aromatic amines is 1. The van der Waals surface area contributed by atoms with Crippen molar-refractivity contribution in [2.24, 2.45) is 19.1 Å². The fourth-order valence-corrected chi connectivity index (χ4v) is 4.49. The van der Waals surface area contributed by atoms with Crippen molar-refractivity contribution in [1.82, 2.24) is 4.98 Å². The van der Waals surface area contributed by atoms with Crippen molar-refractivity contribution >= 4 is 28.3 Å². The number of hydrogen-bond donors (Lipinski definition) is 1. The summed E-state index contributed by atoms with van der Waals surface area (Å²) >= 11 is 0. The zero-order valence-corrected chi connectivity index (χ0v) is 23.7. The highest BCUT2D eigenvalue weighted by molar-refractivity contribution is 6.21. The molecule has 1 aliphatic heterocycles. The van der Waals surface area contributed by atoms with E-state index in [-0.39, 0.29) is 48.0 Å². The summed E-state index contributed by atoms with van der Waals surface area (Å²) in [5.41, 5.74) is 8.82. The first-order chi connectivity index (χ1) is 16.2. The highest BCUT2D eigenvalue weighted by atomic mass is 127. The molecule has 0 radical (unpaired) electrons. The van der Waals surface area contributed by atoms with Gasteiger partial charge in [-0.25, -0.2) is 14.1 Å². The Hall–Kier alpha value is -2.85. The Bertz CT molecular complexity index is 1560. The van der Waals surface area contributed by atoms with Crippen LogP contribution < -0.4 is 57.1 Å². The lowest BCUT2D eigenvalue weighted by atomic mass is 9.99. The van der Waals surface area contributed by atoms with Crippen molar-refractivity contribution in [3.05, 3.63) is 120 Å². The summed E-state index contributed by atoms with van der Waals surface area (Å²) in [7, 11) is 4.06. The fraction of sp³-hybridized carbons (Fsp3) is 0.0690. The third kappa shape index (κ3) is 4.69. The second-order valence-corrected chi connectivity index (χ2v) is 8.50. The molecular formula is C29H24I2N4. The van der Waals surface area contributed by atoms with Crippen LogP contribution in [0.1, 0.15) is 22.4 Å². The summed E-state index contributed by atoms with van der Waals surface area (Å²) in [5, 5.41) is 2.41. The normalized spacial score (nSPS) is 13.2. The van der Waals surface area contributed by atoms with E-state index in [1.807, 2.05) is 23.2 Å². The molecule has 6 rings (SSSR count). The molecule has 0 unspecified atom stereocenters. The largest absolute Gasteiger partial charge is 1.00 e. The Balaban J connectivity index is 0.00000144. The van der Waals surface area contributed by atoms with E-state index in [1.165, 1.54) is 21.9 Å². The van der Waals surface area contributed by atoms with E-state index in [0.717, 1.165) is 33.9 Å². The Labute approximate surface area is 239 Å². The van der Waals surface area contributed by atoms with Crippen LogP contribution in [0.25, 0.3) is 33.8 Å². The first-order valence-corrected chi connectivity index (χ1v) is 11.1. The minimum absolute atomic E-state index is 0. The number of rotatable bonds is 3. The second kappa shape index (κ2) is 10.4. The van der Waals surface area contributed by atoms with Crippen LogP contribution in [0.2, 0.25) is 0 Å². The molecule has 0 fully saturated rings. The molecule has 4 heterocycles. The van der Waals surface area contributed by atoms with Gasteiger partial charge in [-0.05, 0) is 6.08 Å². The summed E-state index contributed by atoms with van der Waals surface area (Å²) in [4.78, 5) is 8.78. The summed E-state index contributed by atoms with van der Waals surface area (Å²) in [5.74, 6) is 0. The predicted octanol–water partition coefficient (Wildman–Crippen LogP) is -1.16. The van der Waals surface area contributed by atoms with Crippen molar-refractivity contribution in [2.45, 2.75) is 0 Å². The van der Waals surface area contributed by atoms with E-state index in [1.54, 1.807) is 0 Å². The summed E-state index contributed by atoms with van der Waals surface area (Å²) in [6.45, 7) is 0. The number of benzene rings is 2. The van der Waals surface area contributed by atoms with E-state index in [4.69, 9.17) is 4.99 Å². The number of hydrogen-bond acceptors (Lipinski definition) is 1. The smallest absolute Gasteiger partial charge is 0.169 e. The van der Waals surface area contributed by atoms with Crippen LogP contribution in [0.4, 0.5) is 0 Å². The van der Waals surface area contributed by atoms with Crippen molar-refractivity contribution in [3.63, 3.8) is 0 Å². The number of pyridine rings is 2. The number of nitrogens with one attached hydrogen (secondary N) is 1. The number of nitrogens with zero attached hydrogens (tertiary/aromatic N) is 3. The summed E-state index contributed by atoms with van der Waals surface area (Å²) < 4.78 is 4.09. The van der Waals surface area contributed by atoms with Gasteiger partial charge in [0.05, 0.1) is 17.1 Å². The van der Waals surface area contributed by atoms with E-state index in [2.05, 4.69) is 109 Å². The molecule has 6 heteroatoms. The molecule has 0 spiro atoms. The topological polar surface area (TPSA) is 35.9 Å². The van der Waals surface area contributed by atoms with Crippen LogP contribution in [-0.2, 0) is 14.1 Å². The number of aryl methyl sites for hydroxylation is 2. The maximum absolute atomic E-state index is 5.10. The number of halogens is 2. The van der Waals surface area contributed by atoms with Gasteiger partial charge < -0.3 is 52.9 Å². The van der Waals surface area contributed by atoms with Gasteiger partial charge >= 0.3 is 0 Å². The highest BCUT2D eigenvalue weighted by Gasteiger charge is 2.22. The van der Waals surface area contributed by atoms with Crippen LogP contribution in [0.15, 0.2) is 103 Å². The van der Waals surface area contributed by atoms with Gasteiger partial charge in [-0.15, -0.1) is 0 Å². The molecule has 0 aliphatic carbocycles. The number of aromatic nitrogens is 3. The van der Waals surface area contributed by atoms with Crippen LogP contribution in [-0.4, -0.2) is 10.7 Å². The minimum atomic E-state index is 0. The van der Waals surface area contributed by atoms with E-state index < -0.39 is 0 Å². The first kappa shape index (κ1) is 25.2. The van der Waals surface area contributed by atoms with Gasteiger partial charge in [0.1, 0.15) is 14.1 Å². The molecule has 3 aromatic heterocycles. The number of H-pyrrole nitrogens is 1. The van der Waals surface area contributed by atoms with Crippen LogP contribution in [0.3, 0.4) is 0 Å². The molecule has 0 amide bonds. The standard InChI is InChI=1S/C29H23N4.2HI/c1-32-15-11-20(12-16-32)28-24-9-5-3-7-22(24)26(30-28)19-27-23-8-4-6-10-25(23)29(31-27)21-13-17-33(2)18-14-21;;/h3-19H,1-2H3;2*1H/q+1;;/p-1. The Morgan fingerprint density at radius 3 is 1.86 bits per heavy atom. The van der Waals surface area contributed by atoms with E-state index >= 15 is 0 Å². The first-order valence-electron chi connectivity index (χ1n) is 11.1.